The van der Waals surface area contributed by atoms with Crippen LogP contribution in [0.1, 0.15) is 25.1 Å². The van der Waals surface area contributed by atoms with Gasteiger partial charge in [-0.25, -0.2) is 9.18 Å². The predicted molar refractivity (Wildman–Crippen MR) is 101 cm³/mol. The van der Waals surface area contributed by atoms with Gasteiger partial charge in [0.25, 0.3) is 0 Å². The van der Waals surface area contributed by atoms with Crippen LogP contribution in [-0.4, -0.2) is 45.4 Å². The van der Waals surface area contributed by atoms with E-state index in [9.17, 15) is 14.0 Å². The topological polar surface area (TPSA) is 67.7 Å². The molecule has 0 radical (unpaired) electrons. The maximum atomic E-state index is 13.4. The molecule has 0 aliphatic carbocycles. The average molecular weight is 407 g/mol. The van der Waals surface area contributed by atoms with Crippen LogP contribution in [0.2, 0.25) is 5.02 Å². The molecule has 9 heteroatoms. The largest absolute Gasteiger partial charge is 0.444 e. The van der Waals surface area contributed by atoms with Crippen LogP contribution in [0.5, 0.6) is 0 Å². The minimum absolute atomic E-state index is 0.000907. The molecule has 3 heterocycles. The summed E-state index contributed by atoms with van der Waals surface area (Å²) in [5, 5.41) is 4.38. The Morgan fingerprint density at radius 3 is 2.82 bits per heavy atom. The summed E-state index contributed by atoms with van der Waals surface area (Å²) in [6.45, 7) is 5.10. The van der Waals surface area contributed by atoms with Crippen LogP contribution in [0.15, 0.2) is 24.4 Å². The van der Waals surface area contributed by atoms with Crippen molar-refractivity contribution in [1.82, 2.24) is 14.7 Å². The molecular formula is C19H20ClFN4O3. The van der Waals surface area contributed by atoms with Gasteiger partial charge in [0.05, 0.1) is 48.7 Å². The number of carbonyl (C=O) groups is 2. The molecule has 28 heavy (non-hydrogen) atoms. The molecule has 1 aromatic carbocycles. The van der Waals surface area contributed by atoms with Crippen molar-refractivity contribution < 1.29 is 18.7 Å². The van der Waals surface area contributed by atoms with Crippen molar-refractivity contribution in [3.05, 3.63) is 46.5 Å². The summed E-state index contributed by atoms with van der Waals surface area (Å²) in [7, 11) is 0. The Balaban J connectivity index is 1.55. The van der Waals surface area contributed by atoms with Gasteiger partial charge in [-0.15, -0.1) is 0 Å². The Morgan fingerprint density at radius 1 is 1.36 bits per heavy atom. The van der Waals surface area contributed by atoms with Gasteiger partial charge in [-0.3, -0.25) is 14.4 Å². The Labute approximate surface area is 166 Å². The van der Waals surface area contributed by atoms with Crippen molar-refractivity contribution in [3.63, 3.8) is 0 Å². The molecule has 1 fully saturated rings. The van der Waals surface area contributed by atoms with E-state index in [0.29, 0.717) is 30.9 Å². The summed E-state index contributed by atoms with van der Waals surface area (Å²) in [6.07, 6.45) is 1.18. The molecule has 0 spiro atoms. The van der Waals surface area contributed by atoms with Crippen molar-refractivity contribution in [2.45, 2.75) is 45.5 Å². The van der Waals surface area contributed by atoms with E-state index in [-0.39, 0.29) is 29.5 Å². The average Bonchev–Trinajstić information content (AvgIpc) is 3.19. The number of fused-ring (bicyclic) bond motifs is 1. The molecule has 0 bridgehead atoms. The van der Waals surface area contributed by atoms with Crippen LogP contribution in [0.25, 0.3) is 0 Å². The van der Waals surface area contributed by atoms with E-state index in [1.165, 1.54) is 12.1 Å². The zero-order chi connectivity index (χ0) is 20.0. The molecule has 2 atom stereocenters. The van der Waals surface area contributed by atoms with Gasteiger partial charge in [-0.05, 0) is 31.5 Å². The van der Waals surface area contributed by atoms with E-state index in [1.54, 1.807) is 22.1 Å². The summed E-state index contributed by atoms with van der Waals surface area (Å²) >= 11 is 5.82. The van der Waals surface area contributed by atoms with Gasteiger partial charge in [0.15, 0.2) is 0 Å². The summed E-state index contributed by atoms with van der Waals surface area (Å²) in [5.74, 6) is -0.601. The molecule has 2 amide bonds. The first-order valence-corrected chi connectivity index (χ1v) is 9.47. The normalized spacial score (nSPS) is 21.6. The van der Waals surface area contributed by atoms with Crippen LogP contribution in [0.3, 0.4) is 0 Å². The lowest BCUT2D eigenvalue weighted by molar-refractivity contribution is -0.134. The molecule has 7 nitrogen and oxygen atoms in total. The highest BCUT2D eigenvalue weighted by molar-refractivity contribution is 6.30. The molecule has 0 N–H and O–H groups in total. The number of hydrogen-bond acceptors (Lipinski definition) is 4. The van der Waals surface area contributed by atoms with E-state index in [0.717, 1.165) is 5.69 Å². The molecule has 2 aliphatic heterocycles. The quantitative estimate of drug-likeness (QED) is 0.785. The number of ether oxygens (including phenoxy) is 1. The first-order valence-electron chi connectivity index (χ1n) is 9.09. The SMILES string of the molecule is CC1CN(c2cnn3c2CN(C(=O)Cc2ccc(F)c(Cl)c2)[C@@H](C)C3)C(=O)O1. The summed E-state index contributed by atoms with van der Waals surface area (Å²) < 4.78 is 20.4. The van der Waals surface area contributed by atoms with Gasteiger partial charge in [-0.2, -0.15) is 5.10 Å². The number of cyclic esters (lactones) is 1. The third kappa shape index (κ3) is 3.32. The maximum absolute atomic E-state index is 13.4. The number of rotatable bonds is 3. The van der Waals surface area contributed by atoms with Crippen molar-refractivity contribution >= 4 is 29.3 Å². The highest BCUT2D eigenvalue weighted by atomic mass is 35.5. The third-order valence-corrected chi connectivity index (χ3v) is 5.42. The fraction of sp³-hybridized carbons (Fsp3) is 0.421. The number of aromatic nitrogens is 2. The van der Waals surface area contributed by atoms with Gasteiger partial charge >= 0.3 is 6.09 Å². The van der Waals surface area contributed by atoms with Gasteiger partial charge in [0.1, 0.15) is 11.9 Å². The van der Waals surface area contributed by atoms with Crippen molar-refractivity contribution in [2.24, 2.45) is 0 Å². The Hall–Kier alpha value is -2.61. The number of hydrogen-bond donors (Lipinski definition) is 0. The summed E-state index contributed by atoms with van der Waals surface area (Å²) in [4.78, 5) is 28.3. The lowest BCUT2D eigenvalue weighted by Crippen LogP contribution is -2.46. The predicted octanol–water partition coefficient (Wildman–Crippen LogP) is 2.99. The summed E-state index contributed by atoms with van der Waals surface area (Å²) in [6, 6.07) is 4.23. The number of amides is 2. The first-order chi connectivity index (χ1) is 13.3. The van der Waals surface area contributed by atoms with Crippen LogP contribution in [-0.2, 0) is 29.0 Å². The second-order valence-corrected chi connectivity index (χ2v) is 7.67. The lowest BCUT2D eigenvalue weighted by atomic mass is 10.1. The molecule has 1 saturated heterocycles. The number of anilines is 1. The molecule has 2 aliphatic rings. The molecule has 0 saturated carbocycles. The second-order valence-electron chi connectivity index (χ2n) is 7.26. The fourth-order valence-corrected chi connectivity index (χ4v) is 3.88. The maximum Gasteiger partial charge on any atom is 0.414 e. The Kier molecular flexibility index (Phi) is 4.74. The summed E-state index contributed by atoms with van der Waals surface area (Å²) in [5.41, 5.74) is 2.12. The highest BCUT2D eigenvalue weighted by Gasteiger charge is 2.36. The fourth-order valence-electron chi connectivity index (χ4n) is 3.67. The lowest BCUT2D eigenvalue weighted by Gasteiger charge is -2.35. The Bertz CT molecular complexity index is 947. The van der Waals surface area contributed by atoms with Crippen LogP contribution < -0.4 is 4.90 Å². The van der Waals surface area contributed by atoms with Gasteiger partial charge in [0.2, 0.25) is 5.91 Å². The molecular weight excluding hydrogens is 387 g/mol. The van der Waals surface area contributed by atoms with Crippen molar-refractivity contribution in [3.8, 4) is 0 Å². The molecule has 2 aromatic rings. The number of carbonyl (C=O) groups excluding carboxylic acids is 2. The Morgan fingerprint density at radius 2 is 2.14 bits per heavy atom. The number of nitrogens with zero attached hydrogens (tertiary/aromatic N) is 4. The van der Waals surface area contributed by atoms with E-state index in [4.69, 9.17) is 16.3 Å². The van der Waals surface area contributed by atoms with E-state index >= 15 is 0 Å². The van der Waals surface area contributed by atoms with Gasteiger partial charge < -0.3 is 9.64 Å². The van der Waals surface area contributed by atoms with E-state index < -0.39 is 11.9 Å². The molecule has 1 unspecified atom stereocenters. The van der Waals surface area contributed by atoms with Crippen molar-refractivity contribution in [1.29, 1.82) is 0 Å². The molecule has 1 aromatic heterocycles. The number of benzene rings is 1. The van der Waals surface area contributed by atoms with Gasteiger partial charge in [-0.1, -0.05) is 17.7 Å². The standard InChI is InChI=1S/C19H20ClFN4O3/c1-11-8-25-17(16(7-22-25)24-9-12(2)28-19(24)27)10-23(11)18(26)6-13-3-4-15(21)14(20)5-13/h3-5,7,11-12H,6,8-10H2,1-2H3/t11-,12?/m0/s1. The molecule has 148 valence electrons. The highest BCUT2D eigenvalue weighted by Crippen LogP contribution is 2.30. The third-order valence-electron chi connectivity index (χ3n) is 5.13. The second kappa shape index (κ2) is 7.09. The van der Waals surface area contributed by atoms with Crippen LogP contribution in [0, 0.1) is 5.82 Å². The number of halogens is 2. The van der Waals surface area contributed by atoms with Crippen molar-refractivity contribution in [2.75, 3.05) is 11.4 Å². The monoisotopic (exact) mass is 406 g/mol. The van der Waals surface area contributed by atoms with Crippen LogP contribution >= 0.6 is 11.6 Å². The first kappa shape index (κ1) is 18.7. The van der Waals surface area contributed by atoms with E-state index in [1.807, 2.05) is 18.5 Å². The van der Waals surface area contributed by atoms with Crippen LogP contribution in [0.4, 0.5) is 14.9 Å². The smallest absolute Gasteiger partial charge is 0.414 e. The van der Waals surface area contributed by atoms with Gasteiger partial charge in [0, 0.05) is 6.04 Å². The van der Waals surface area contributed by atoms with E-state index in [2.05, 4.69) is 5.10 Å². The molecule has 4 rings (SSSR count). The zero-order valence-corrected chi connectivity index (χ0v) is 16.3. The minimum Gasteiger partial charge on any atom is -0.444 e. The zero-order valence-electron chi connectivity index (χ0n) is 15.6. The minimum atomic E-state index is -0.510.